The predicted octanol–water partition coefficient (Wildman–Crippen LogP) is -0.996. The maximum Gasteiger partial charge on any atom is 0.330 e. The topological polar surface area (TPSA) is 99.2 Å². The van der Waals surface area contributed by atoms with Crippen LogP contribution < -0.4 is 11.1 Å². The van der Waals surface area contributed by atoms with E-state index in [2.05, 4.69) is 5.32 Å². The molecule has 6 heteroatoms. The number of nitrogens with zero attached hydrogens (tertiary/aromatic N) is 2. The van der Waals surface area contributed by atoms with Crippen LogP contribution in [-0.4, -0.2) is 22.9 Å². The molecule has 2 heterocycles. The summed E-state index contributed by atoms with van der Waals surface area (Å²) >= 11 is 0. The third-order valence-electron chi connectivity index (χ3n) is 2.16. The lowest BCUT2D eigenvalue weighted by atomic mass is 10.1. The van der Waals surface area contributed by atoms with Crippen molar-refractivity contribution in [2.75, 3.05) is 0 Å². The second-order valence-corrected chi connectivity index (χ2v) is 2.86. The highest BCUT2D eigenvalue weighted by Crippen LogP contribution is 2.28. The number of imide groups is 1. The van der Waals surface area contributed by atoms with Crippen molar-refractivity contribution < 1.29 is 9.59 Å². The Labute approximate surface area is 73.6 Å². The molecule has 1 fully saturated rings. The van der Waals surface area contributed by atoms with Gasteiger partial charge in [-0.25, -0.2) is 4.79 Å². The Balaban J connectivity index is 2.42. The van der Waals surface area contributed by atoms with Crippen molar-refractivity contribution in [1.29, 1.82) is 5.26 Å². The molecule has 13 heavy (non-hydrogen) atoms. The molecule has 2 aliphatic heterocycles. The lowest BCUT2D eigenvalue weighted by Gasteiger charge is -2.12. The number of nitrogens with one attached hydrogen (secondary N) is 1. The average molecular weight is 178 g/mol. The lowest BCUT2D eigenvalue weighted by molar-refractivity contribution is -0.120. The highest BCUT2D eigenvalue weighted by atomic mass is 16.2. The zero-order chi connectivity index (χ0) is 9.59. The molecule has 0 bridgehead atoms. The molecule has 0 saturated carbocycles. The number of hydrogen-bond donors (Lipinski definition) is 2. The lowest BCUT2D eigenvalue weighted by Crippen LogP contribution is -2.32. The molecular weight excluding hydrogens is 172 g/mol. The molecule has 6 nitrogen and oxygen atoms in total. The number of urea groups is 1. The van der Waals surface area contributed by atoms with E-state index in [4.69, 9.17) is 11.0 Å². The summed E-state index contributed by atoms with van der Waals surface area (Å²) in [6, 6.07) is 0.711. The van der Waals surface area contributed by atoms with E-state index in [1.165, 1.54) is 0 Å². The van der Waals surface area contributed by atoms with Gasteiger partial charge in [-0.2, -0.15) is 5.26 Å². The predicted molar refractivity (Wildman–Crippen MR) is 40.6 cm³/mol. The van der Waals surface area contributed by atoms with Crippen molar-refractivity contribution in [2.24, 2.45) is 5.73 Å². The van der Waals surface area contributed by atoms with Gasteiger partial charge in [0.25, 0.3) is 5.91 Å². The third kappa shape index (κ3) is 0.810. The summed E-state index contributed by atoms with van der Waals surface area (Å²) < 4.78 is 0. The van der Waals surface area contributed by atoms with E-state index in [-0.39, 0.29) is 12.2 Å². The minimum Gasteiger partial charge on any atom is -0.384 e. The summed E-state index contributed by atoms with van der Waals surface area (Å²) in [7, 11) is 0. The molecule has 1 saturated heterocycles. The largest absolute Gasteiger partial charge is 0.384 e. The molecule has 0 aromatic heterocycles. The number of nitriles is 1. The van der Waals surface area contributed by atoms with E-state index in [9.17, 15) is 9.59 Å². The molecule has 2 aliphatic rings. The molecule has 1 atom stereocenters. The first-order chi connectivity index (χ1) is 6.15. The van der Waals surface area contributed by atoms with Crippen LogP contribution in [0.4, 0.5) is 4.79 Å². The van der Waals surface area contributed by atoms with Gasteiger partial charge in [-0.15, -0.1) is 0 Å². The van der Waals surface area contributed by atoms with Gasteiger partial charge in [0.15, 0.2) is 0 Å². The Hall–Kier alpha value is -2.03. The normalized spacial score (nSPS) is 26.1. The van der Waals surface area contributed by atoms with Crippen molar-refractivity contribution in [3.63, 3.8) is 0 Å². The molecule has 0 spiro atoms. The zero-order valence-corrected chi connectivity index (χ0v) is 6.57. The Morgan fingerprint density at radius 2 is 2.31 bits per heavy atom. The van der Waals surface area contributed by atoms with E-state index in [1.54, 1.807) is 0 Å². The molecule has 0 radical (unpaired) electrons. The Morgan fingerprint density at radius 3 is 2.85 bits per heavy atom. The first kappa shape index (κ1) is 7.61. The fraction of sp³-hybridized carbons (Fsp3) is 0.286. The Kier molecular flexibility index (Phi) is 1.31. The van der Waals surface area contributed by atoms with Crippen LogP contribution in [0.1, 0.15) is 6.42 Å². The van der Waals surface area contributed by atoms with Gasteiger partial charge in [0.05, 0.1) is 11.6 Å². The maximum absolute atomic E-state index is 11.1. The fourth-order valence-corrected chi connectivity index (χ4v) is 1.52. The summed E-state index contributed by atoms with van der Waals surface area (Å²) in [5, 5.41) is 10.7. The minimum absolute atomic E-state index is 0.0934. The minimum atomic E-state index is -0.609. The zero-order valence-electron chi connectivity index (χ0n) is 6.57. The van der Waals surface area contributed by atoms with Crippen LogP contribution in [0.3, 0.4) is 0 Å². The molecule has 3 N–H and O–H groups in total. The fourth-order valence-electron chi connectivity index (χ4n) is 1.52. The number of carbonyl (C=O) groups is 2. The first-order valence-electron chi connectivity index (χ1n) is 3.68. The number of nitrogens with two attached hydrogens (primary N) is 1. The highest BCUT2D eigenvalue weighted by molar-refractivity contribution is 6.06. The van der Waals surface area contributed by atoms with Gasteiger partial charge in [0.2, 0.25) is 0 Å². The van der Waals surface area contributed by atoms with Gasteiger partial charge in [-0.1, -0.05) is 0 Å². The molecule has 1 unspecified atom stereocenters. The standard InChI is InChI=1S/C7H6N4O2/c8-2-3-1-4-6(12)10-7(13)11(4)5(3)9/h4H,1,9H2,(H,10,12,13). The molecule has 0 aromatic carbocycles. The van der Waals surface area contributed by atoms with E-state index >= 15 is 0 Å². The third-order valence-corrected chi connectivity index (χ3v) is 2.16. The summed E-state index contributed by atoms with van der Waals surface area (Å²) in [6.45, 7) is 0. The van der Waals surface area contributed by atoms with E-state index in [0.717, 1.165) is 4.90 Å². The van der Waals surface area contributed by atoms with E-state index < -0.39 is 18.0 Å². The average Bonchev–Trinajstić information content (AvgIpc) is 2.54. The molecule has 0 aromatic rings. The van der Waals surface area contributed by atoms with Crippen LogP contribution in [0.2, 0.25) is 0 Å². The molecule has 0 aliphatic carbocycles. The smallest absolute Gasteiger partial charge is 0.330 e. The SMILES string of the molecule is N#CC1=C(N)N2C(=O)NC(=O)C2C1. The summed E-state index contributed by atoms with van der Waals surface area (Å²) in [5.41, 5.74) is 5.80. The maximum atomic E-state index is 11.1. The molecule has 3 amide bonds. The van der Waals surface area contributed by atoms with Crippen molar-refractivity contribution in [2.45, 2.75) is 12.5 Å². The van der Waals surface area contributed by atoms with E-state index in [1.807, 2.05) is 6.07 Å². The molecular formula is C7H6N4O2. The monoisotopic (exact) mass is 178 g/mol. The van der Waals surface area contributed by atoms with E-state index in [0.29, 0.717) is 5.57 Å². The summed E-state index contributed by atoms with van der Waals surface area (Å²) in [4.78, 5) is 23.3. The van der Waals surface area contributed by atoms with Crippen molar-refractivity contribution in [3.8, 4) is 6.07 Å². The van der Waals surface area contributed by atoms with Gasteiger partial charge >= 0.3 is 6.03 Å². The number of hydrogen-bond acceptors (Lipinski definition) is 4. The van der Waals surface area contributed by atoms with Crippen molar-refractivity contribution in [1.82, 2.24) is 10.2 Å². The summed E-state index contributed by atoms with van der Waals surface area (Å²) in [6.07, 6.45) is 0.222. The van der Waals surface area contributed by atoms with Gasteiger partial charge in [-0.05, 0) is 0 Å². The number of fused-ring (bicyclic) bond motifs is 1. The first-order valence-corrected chi connectivity index (χ1v) is 3.68. The quantitative estimate of drug-likeness (QED) is 0.465. The van der Waals surface area contributed by atoms with Gasteiger partial charge in [-0.3, -0.25) is 15.0 Å². The molecule has 2 rings (SSSR count). The Morgan fingerprint density at radius 1 is 1.62 bits per heavy atom. The number of amides is 3. The highest BCUT2D eigenvalue weighted by Gasteiger charge is 2.45. The van der Waals surface area contributed by atoms with Crippen LogP contribution in [0.15, 0.2) is 11.4 Å². The number of rotatable bonds is 0. The van der Waals surface area contributed by atoms with Gasteiger partial charge in [0, 0.05) is 6.42 Å². The second kappa shape index (κ2) is 2.23. The van der Waals surface area contributed by atoms with Crippen molar-refractivity contribution >= 4 is 11.9 Å². The van der Waals surface area contributed by atoms with Crippen molar-refractivity contribution in [3.05, 3.63) is 11.4 Å². The summed E-state index contributed by atoms with van der Waals surface area (Å²) in [5.74, 6) is -0.297. The van der Waals surface area contributed by atoms with Crippen LogP contribution in [0.25, 0.3) is 0 Å². The van der Waals surface area contributed by atoms with Crippen LogP contribution in [0, 0.1) is 11.3 Å². The number of carbonyl (C=O) groups excluding carboxylic acids is 2. The van der Waals surface area contributed by atoms with Gasteiger partial charge in [0.1, 0.15) is 11.9 Å². The van der Waals surface area contributed by atoms with Crippen LogP contribution >= 0.6 is 0 Å². The van der Waals surface area contributed by atoms with Crippen LogP contribution in [-0.2, 0) is 4.79 Å². The Bertz CT molecular complexity index is 378. The van der Waals surface area contributed by atoms with Gasteiger partial charge < -0.3 is 5.73 Å². The second-order valence-electron chi connectivity index (χ2n) is 2.86. The molecule has 66 valence electrons. The van der Waals surface area contributed by atoms with Crippen LogP contribution in [0.5, 0.6) is 0 Å².